The molecule has 0 aromatic heterocycles. The van der Waals surface area contributed by atoms with Gasteiger partial charge in [-0.15, -0.1) is 0 Å². The van der Waals surface area contributed by atoms with Crippen LogP contribution in [0.25, 0.3) is 0 Å². The van der Waals surface area contributed by atoms with Crippen LogP contribution in [0.15, 0.2) is 0 Å². The van der Waals surface area contributed by atoms with Gasteiger partial charge in [0.25, 0.3) is 0 Å². The Morgan fingerprint density at radius 2 is 2.18 bits per heavy atom. The van der Waals surface area contributed by atoms with Crippen molar-refractivity contribution in [2.75, 3.05) is 13.7 Å². The molecule has 2 nitrogen and oxygen atoms in total. The van der Waals surface area contributed by atoms with Crippen molar-refractivity contribution >= 4 is 0 Å². The third kappa shape index (κ3) is 2.80. The Morgan fingerprint density at radius 1 is 1.55 bits per heavy atom. The van der Waals surface area contributed by atoms with Gasteiger partial charge in [0.15, 0.2) is 0 Å². The fourth-order valence-corrected chi connectivity index (χ4v) is 1.48. The summed E-state index contributed by atoms with van der Waals surface area (Å²) in [6, 6.07) is 0. The van der Waals surface area contributed by atoms with Gasteiger partial charge in [0, 0.05) is 13.7 Å². The first-order chi connectivity index (χ1) is 5.17. The van der Waals surface area contributed by atoms with Gasteiger partial charge in [-0.05, 0) is 38.5 Å². The van der Waals surface area contributed by atoms with Crippen molar-refractivity contribution in [3.05, 3.63) is 0 Å². The van der Waals surface area contributed by atoms with Crippen LogP contribution in [-0.4, -0.2) is 24.4 Å². The Hall–Kier alpha value is -0.0800. The molecule has 0 aromatic carbocycles. The lowest BCUT2D eigenvalue weighted by Crippen LogP contribution is -2.27. The highest BCUT2D eigenvalue weighted by Gasteiger charge is 2.38. The summed E-state index contributed by atoms with van der Waals surface area (Å²) in [6.45, 7) is 2.71. The molecular formula is C9H18O2. The van der Waals surface area contributed by atoms with E-state index in [0.717, 1.165) is 19.4 Å². The van der Waals surface area contributed by atoms with Gasteiger partial charge in [-0.3, -0.25) is 0 Å². The normalized spacial score (nSPS) is 23.2. The maximum absolute atomic E-state index is 9.83. The second-order valence-corrected chi connectivity index (χ2v) is 3.73. The van der Waals surface area contributed by atoms with Crippen molar-refractivity contribution in [1.82, 2.24) is 0 Å². The summed E-state index contributed by atoms with van der Waals surface area (Å²) in [7, 11) is 1.70. The summed E-state index contributed by atoms with van der Waals surface area (Å²) in [5.74, 6) is 0.569. The smallest absolute Gasteiger partial charge is 0.0648 e. The summed E-state index contributed by atoms with van der Waals surface area (Å²) < 4.78 is 4.93. The molecule has 0 spiro atoms. The van der Waals surface area contributed by atoms with Crippen LogP contribution in [0.2, 0.25) is 0 Å². The highest BCUT2D eigenvalue weighted by atomic mass is 16.5. The third-order valence-corrected chi connectivity index (χ3v) is 2.49. The van der Waals surface area contributed by atoms with Gasteiger partial charge in [0.2, 0.25) is 0 Å². The van der Waals surface area contributed by atoms with Crippen LogP contribution in [-0.2, 0) is 4.74 Å². The lowest BCUT2D eigenvalue weighted by atomic mass is 9.95. The minimum Gasteiger partial charge on any atom is -0.390 e. The van der Waals surface area contributed by atoms with Gasteiger partial charge in [0.1, 0.15) is 0 Å². The molecular weight excluding hydrogens is 140 g/mol. The van der Waals surface area contributed by atoms with E-state index in [1.54, 1.807) is 7.11 Å². The highest BCUT2D eigenvalue weighted by molar-refractivity contribution is 4.90. The first-order valence-corrected chi connectivity index (χ1v) is 4.38. The van der Waals surface area contributed by atoms with Crippen molar-refractivity contribution in [2.24, 2.45) is 5.92 Å². The number of hydrogen-bond donors (Lipinski definition) is 1. The van der Waals surface area contributed by atoms with E-state index in [-0.39, 0.29) is 0 Å². The highest BCUT2D eigenvalue weighted by Crippen LogP contribution is 2.41. The van der Waals surface area contributed by atoms with E-state index in [1.807, 2.05) is 6.92 Å². The van der Waals surface area contributed by atoms with Gasteiger partial charge >= 0.3 is 0 Å². The van der Waals surface area contributed by atoms with Crippen LogP contribution >= 0.6 is 0 Å². The number of methoxy groups -OCH3 is 1. The quantitative estimate of drug-likeness (QED) is 0.615. The maximum Gasteiger partial charge on any atom is 0.0648 e. The molecule has 0 heterocycles. The molecule has 2 heteroatoms. The van der Waals surface area contributed by atoms with Gasteiger partial charge in [0.05, 0.1) is 5.60 Å². The van der Waals surface area contributed by atoms with Crippen LogP contribution in [0.5, 0.6) is 0 Å². The maximum atomic E-state index is 9.83. The second-order valence-electron chi connectivity index (χ2n) is 3.73. The van der Waals surface area contributed by atoms with Crippen LogP contribution in [0.3, 0.4) is 0 Å². The molecule has 0 amide bonds. The van der Waals surface area contributed by atoms with Crippen LogP contribution < -0.4 is 0 Å². The zero-order chi connectivity index (χ0) is 8.32. The predicted molar refractivity (Wildman–Crippen MR) is 44.5 cm³/mol. The minimum absolute atomic E-state index is 0.418. The summed E-state index contributed by atoms with van der Waals surface area (Å²) >= 11 is 0. The zero-order valence-corrected chi connectivity index (χ0v) is 7.47. The molecule has 11 heavy (non-hydrogen) atoms. The Balaban J connectivity index is 2.12. The van der Waals surface area contributed by atoms with Crippen molar-refractivity contribution in [1.29, 1.82) is 0 Å². The predicted octanol–water partition coefficient (Wildman–Crippen LogP) is 1.57. The summed E-state index contributed by atoms with van der Waals surface area (Å²) in [5, 5.41) is 9.83. The number of ether oxygens (including phenoxy) is 1. The van der Waals surface area contributed by atoms with E-state index in [1.165, 1.54) is 12.8 Å². The topological polar surface area (TPSA) is 29.5 Å². The van der Waals surface area contributed by atoms with Crippen molar-refractivity contribution in [3.63, 3.8) is 0 Å². The van der Waals surface area contributed by atoms with Gasteiger partial charge in [-0.2, -0.15) is 0 Å². The molecule has 1 fully saturated rings. The van der Waals surface area contributed by atoms with E-state index >= 15 is 0 Å². The molecule has 1 aliphatic rings. The first kappa shape index (κ1) is 9.01. The molecule has 66 valence electrons. The summed E-state index contributed by atoms with van der Waals surface area (Å²) in [6.07, 6.45) is 4.27. The standard InChI is InChI=1S/C9H18O2/c1-9(10,8-4-5-8)6-3-7-11-2/h8,10H,3-7H2,1-2H3. The van der Waals surface area contributed by atoms with Gasteiger partial charge < -0.3 is 9.84 Å². The number of rotatable bonds is 5. The number of hydrogen-bond acceptors (Lipinski definition) is 2. The average molecular weight is 158 g/mol. The molecule has 1 rings (SSSR count). The van der Waals surface area contributed by atoms with Crippen molar-refractivity contribution in [3.8, 4) is 0 Å². The Labute approximate surface area is 68.6 Å². The van der Waals surface area contributed by atoms with Crippen LogP contribution in [0.4, 0.5) is 0 Å². The Kier molecular flexibility index (Phi) is 2.90. The fourth-order valence-electron chi connectivity index (χ4n) is 1.48. The monoisotopic (exact) mass is 158 g/mol. The lowest BCUT2D eigenvalue weighted by Gasteiger charge is -2.22. The third-order valence-electron chi connectivity index (χ3n) is 2.49. The van der Waals surface area contributed by atoms with E-state index in [4.69, 9.17) is 4.74 Å². The Morgan fingerprint density at radius 3 is 2.64 bits per heavy atom. The molecule has 0 aromatic rings. The molecule has 0 radical (unpaired) electrons. The molecule has 1 unspecified atom stereocenters. The van der Waals surface area contributed by atoms with Gasteiger partial charge in [-0.1, -0.05) is 0 Å². The molecule has 1 aliphatic carbocycles. The van der Waals surface area contributed by atoms with Crippen molar-refractivity contribution < 1.29 is 9.84 Å². The molecule has 1 atom stereocenters. The molecule has 0 aliphatic heterocycles. The molecule has 1 saturated carbocycles. The largest absolute Gasteiger partial charge is 0.390 e. The number of aliphatic hydroxyl groups is 1. The molecule has 0 saturated heterocycles. The van der Waals surface area contributed by atoms with Crippen molar-refractivity contribution in [2.45, 2.75) is 38.2 Å². The molecule has 1 N–H and O–H groups in total. The summed E-state index contributed by atoms with van der Waals surface area (Å²) in [4.78, 5) is 0. The zero-order valence-electron chi connectivity index (χ0n) is 7.47. The van der Waals surface area contributed by atoms with Gasteiger partial charge in [-0.25, -0.2) is 0 Å². The van der Waals surface area contributed by atoms with Crippen LogP contribution in [0, 0.1) is 5.92 Å². The second kappa shape index (κ2) is 3.55. The fraction of sp³-hybridized carbons (Fsp3) is 1.00. The van der Waals surface area contributed by atoms with Crippen LogP contribution in [0.1, 0.15) is 32.6 Å². The van der Waals surface area contributed by atoms with E-state index < -0.39 is 5.60 Å². The lowest BCUT2D eigenvalue weighted by molar-refractivity contribution is 0.0195. The molecule has 0 bridgehead atoms. The Bertz CT molecular complexity index is 117. The first-order valence-electron chi connectivity index (χ1n) is 4.38. The SMILES string of the molecule is COCCCC(C)(O)C1CC1. The van der Waals surface area contributed by atoms with E-state index in [2.05, 4.69) is 0 Å². The summed E-state index contributed by atoms with van der Waals surface area (Å²) in [5.41, 5.74) is -0.418. The average Bonchev–Trinajstić information content (AvgIpc) is 2.68. The van der Waals surface area contributed by atoms with E-state index in [0.29, 0.717) is 5.92 Å². The minimum atomic E-state index is -0.418. The van der Waals surface area contributed by atoms with E-state index in [9.17, 15) is 5.11 Å².